The molecule has 174 valence electrons. The summed E-state index contributed by atoms with van der Waals surface area (Å²) in [5, 5.41) is 0. The lowest BCUT2D eigenvalue weighted by Crippen LogP contribution is -2.48. The Hall–Kier alpha value is 0. The fraction of sp³-hybridized carbons (Fsp3) is 1.00. The van der Waals surface area contributed by atoms with Gasteiger partial charge in [-0.25, -0.2) is 0 Å². The molecule has 0 spiro atoms. The van der Waals surface area contributed by atoms with E-state index >= 15 is 0 Å². The van der Waals surface area contributed by atoms with Crippen molar-refractivity contribution in [2.24, 2.45) is 76.9 Å². The van der Waals surface area contributed by atoms with Crippen LogP contribution in [0.25, 0.3) is 0 Å². The molecule has 31 heavy (non-hydrogen) atoms. The van der Waals surface area contributed by atoms with Crippen molar-refractivity contribution in [3.05, 3.63) is 0 Å². The van der Waals surface area contributed by atoms with E-state index in [1.54, 1.807) is 96.3 Å². The summed E-state index contributed by atoms with van der Waals surface area (Å²) >= 11 is 0. The predicted molar refractivity (Wildman–Crippen MR) is 130 cm³/mol. The summed E-state index contributed by atoms with van der Waals surface area (Å²) in [6.45, 7) is 2.47. The van der Waals surface area contributed by atoms with Crippen LogP contribution in [0, 0.1) is 76.9 Å². The number of hydrogen-bond donors (Lipinski definition) is 0. The molecular formula is C31H50. The molecule has 12 atom stereocenters. The van der Waals surface area contributed by atoms with Crippen LogP contribution in [0.5, 0.6) is 0 Å². The second-order valence-corrected chi connectivity index (χ2v) is 14.0. The van der Waals surface area contributed by atoms with Crippen molar-refractivity contribution < 1.29 is 0 Å². The van der Waals surface area contributed by atoms with Gasteiger partial charge in [0.1, 0.15) is 0 Å². The molecule has 0 amide bonds. The van der Waals surface area contributed by atoms with E-state index in [1.165, 1.54) is 48.3 Å². The highest BCUT2D eigenvalue weighted by Crippen LogP contribution is 2.70. The van der Waals surface area contributed by atoms with Gasteiger partial charge < -0.3 is 0 Å². The number of rotatable bonds is 3. The first-order valence-corrected chi connectivity index (χ1v) is 15.3. The van der Waals surface area contributed by atoms with E-state index in [-0.39, 0.29) is 0 Å². The van der Waals surface area contributed by atoms with Gasteiger partial charge in [0.2, 0.25) is 0 Å². The Bertz CT molecular complexity index is 594. The van der Waals surface area contributed by atoms with Gasteiger partial charge in [-0.05, 0) is 109 Å². The van der Waals surface area contributed by atoms with Gasteiger partial charge in [0.25, 0.3) is 0 Å². The monoisotopic (exact) mass is 422 g/mol. The van der Waals surface area contributed by atoms with Gasteiger partial charge in [-0.15, -0.1) is 0 Å². The van der Waals surface area contributed by atoms with Gasteiger partial charge in [-0.1, -0.05) is 84.0 Å². The maximum absolute atomic E-state index is 2.47. The quantitative estimate of drug-likeness (QED) is 0.426. The minimum atomic E-state index is 1.15. The maximum atomic E-state index is 2.47. The highest BCUT2D eigenvalue weighted by Gasteiger charge is 2.64. The number of unbranched alkanes of at least 4 members (excludes halogenated alkanes) is 1. The molecule has 0 heterocycles. The lowest BCUT2D eigenvalue weighted by Gasteiger charge is -2.56. The Balaban J connectivity index is 1.27. The third kappa shape index (κ3) is 3.04. The molecule has 12 unspecified atom stereocenters. The summed E-state index contributed by atoms with van der Waals surface area (Å²) in [6, 6.07) is 0. The Morgan fingerprint density at radius 3 is 1.42 bits per heavy atom. The van der Waals surface area contributed by atoms with E-state index in [2.05, 4.69) is 6.92 Å². The van der Waals surface area contributed by atoms with Crippen molar-refractivity contribution in [1.82, 2.24) is 0 Å². The first-order chi connectivity index (χ1) is 15.3. The Morgan fingerprint density at radius 1 is 0.484 bits per heavy atom. The molecule has 0 bridgehead atoms. The average molecular weight is 423 g/mol. The highest BCUT2D eigenvalue weighted by atomic mass is 14.7. The summed E-state index contributed by atoms with van der Waals surface area (Å²) < 4.78 is 0. The highest BCUT2D eigenvalue weighted by molar-refractivity contribution is 5.12. The summed E-state index contributed by atoms with van der Waals surface area (Å²) in [5.41, 5.74) is 0. The van der Waals surface area contributed by atoms with Crippen LogP contribution < -0.4 is 0 Å². The van der Waals surface area contributed by atoms with Crippen LogP contribution in [0.4, 0.5) is 0 Å². The predicted octanol–water partition coefficient (Wildman–Crippen LogP) is 8.74. The van der Waals surface area contributed by atoms with Crippen LogP contribution in [-0.2, 0) is 0 Å². The van der Waals surface area contributed by atoms with Gasteiger partial charge in [0.15, 0.2) is 0 Å². The Labute approximate surface area is 193 Å². The number of hydrogen-bond acceptors (Lipinski definition) is 0. The molecule has 7 aliphatic rings. The summed E-state index contributed by atoms with van der Waals surface area (Å²) in [7, 11) is 0. The normalized spacial score (nSPS) is 57.4. The Morgan fingerprint density at radius 2 is 0.935 bits per heavy atom. The SMILES string of the molecule is CCCCC1C2C(CC3CCCC4CCCC2C43)C2CC3CCCC4CCCC(C43)C21. The molecule has 7 aliphatic carbocycles. The van der Waals surface area contributed by atoms with Crippen LogP contribution in [0.2, 0.25) is 0 Å². The molecular weight excluding hydrogens is 372 g/mol. The van der Waals surface area contributed by atoms with Gasteiger partial charge in [0.05, 0.1) is 0 Å². The van der Waals surface area contributed by atoms with Crippen molar-refractivity contribution in [3.8, 4) is 0 Å². The molecule has 0 nitrogen and oxygen atoms in total. The summed E-state index contributed by atoms with van der Waals surface area (Å²) in [6.07, 6.45) is 27.3. The van der Waals surface area contributed by atoms with E-state index in [0.29, 0.717) is 0 Å². The van der Waals surface area contributed by atoms with Crippen molar-refractivity contribution in [1.29, 1.82) is 0 Å². The van der Waals surface area contributed by atoms with E-state index in [9.17, 15) is 0 Å². The third-order valence-corrected chi connectivity index (χ3v) is 13.2. The largest absolute Gasteiger partial charge is 0.0654 e. The molecule has 0 saturated heterocycles. The van der Waals surface area contributed by atoms with Gasteiger partial charge in [0, 0.05) is 0 Å². The van der Waals surface area contributed by atoms with Gasteiger partial charge >= 0.3 is 0 Å². The fourth-order valence-electron chi connectivity index (χ4n) is 12.9. The summed E-state index contributed by atoms with van der Waals surface area (Å²) in [4.78, 5) is 0. The van der Waals surface area contributed by atoms with Gasteiger partial charge in [-0.2, -0.15) is 0 Å². The lowest BCUT2D eigenvalue weighted by molar-refractivity contribution is -0.0689. The van der Waals surface area contributed by atoms with Crippen LogP contribution in [-0.4, -0.2) is 0 Å². The van der Waals surface area contributed by atoms with Crippen LogP contribution in [0.1, 0.15) is 116 Å². The zero-order valence-electron chi connectivity index (χ0n) is 20.5. The molecule has 0 aromatic carbocycles. The van der Waals surface area contributed by atoms with E-state index in [0.717, 1.165) is 41.4 Å². The van der Waals surface area contributed by atoms with E-state index < -0.39 is 0 Å². The van der Waals surface area contributed by atoms with E-state index in [4.69, 9.17) is 0 Å². The lowest BCUT2D eigenvalue weighted by atomic mass is 9.49. The number of fused-ring (bicyclic) bond motifs is 5. The van der Waals surface area contributed by atoms with Gasteiger partial charge in [-0.3, -0.25) is 0 Å². The molecule has 7 fully saturated rings. The van der Waals surface area contributed by atoms with Crippen LogP contribution in [0.3, 0.4) is 0 Å². The summed E-state index contributed by atoms with van der Waals surface area (Å²) in [5.74, 6) is 15.1. The molecule has 0 radical (unpaired) electrons. The molecule has 0 N–H and O–H groups in total. The molecule has 0 aromatic heterocycles. The standard InChI is InChI=1S/C31H50/c1-2-3-14-25-30-23-15-6-10-19-8-4-12-21(28(19)23)17-26(30)27-18-22-13-5-9-20-11-7-16-24(29(20)22)31(25)27/h19-31H,2-18H2,1H3. The smallest absolute Gasteiger partial charge is 0.0320 e. The second-order valence-electron chi connectivity index (χ2n) is 14.0. The van der Waals surface area contributed by atoms with Crippen molar-refractivity contribution in [2.75, 3.05) is 0 Å². The van der Waals surface area contributed by atoms with E-state index in [1.807, 2.05) is 0 Å². The maximum Gasteiger partial charge on any atom is -0.0320 e. The minimum Gasteiger partial charge on any atom is -0.0654 e. The molecule has 0 heteroatoms. The van der Waals surface area contributed by atoms with Crippen LogP contribution >= 0.6 is 0 Å². The van der Waals surface area contributed by atoms with Crippen molar-refractivity contribution in [2.45, 2.75) is 116 Å². The zero-order valence-corrected chi connectivity index (χ0v) is 20.5. The van der Waals surface area contributed by atoms with Crippen LogP contribution in [0.15, 0.2) is 0 Å². The first kappa shape index (κ1) is 20.4. The first-order valence-electron chi connectivity index (χ1n) is 15.3. The molecule has 0 aromatic rings. The molecule has 0 aliphatic heterocycles. The van der Waals surface area contributed by atoms with Crippen molar-refractivity contribution in [3.63, 3.8) is 0 Å². The average Bonchev–Trinajstić information content (AvgIpc) is 3.12. The third-order valence-electron chi connectivity index (χ3n) is 13.2. The second kappa shape index (κ2) is 8.05. The Kier molecular flexibility index (Phi) is 5.29. The minimum absolute atomic E-state index is 1.15. The van der Waals surface area contributed by atoms with Crippen molar-refractivity contribution >= 4 is 0 Å². The zero-order chi connectivity index (χ0) is 20.5. The molecule has 7 rings (SSSR count). The fourth-order valence-corrected chi connectivity index (χ4v) is 12.9. The molecule has 7 saturated carbocycles. The topological polar surface area (TPSA) is 0 Å².